The molecule has 0 amide bonds. The number of rotatable bonds is 5. The van der Waals surface area contributed by atoms with Crippen LogP contribution in [0, 0.1) is 0 Å². The molecule has 0 fully saturated rings. The lowest BCUT2D eigenvalue weighted by Gasteiger charge is -2.13. The van der Waals surface area contributed by atoms with E-state index in [1.165, 1.54) is 0 Å². The van der Waals surface area contributed by atoms with Crippen LogP contribution in [0.15, 0.2) is 65.2 Å². The molecule has 0 aliphatic carbocycles. The molecule has 0 saturated heterocycles. The third-order valence-corrected chi connectivity index (χ3v) is 3.21. The number of nitrogens with zero attached hydrogens (tertiary/aromatic N) is 2. The van der Waals surface area contributed by atoms with E-state index in [0.29, 0.717) is 11.7 Å². The largest absolute Gasteiger partial charge is 0.337 e. The number of benzene rings is 2. The van der Waals surface area contributed by atoms with Gasteiger partial charge in [-0.15, -0.1) is 0 Å². The molecule has 2 aromatic carbocycles. The van der Waals surface area contributed by atoms with Crippen molar-refractivity contribution in [2.75, 3.05) is 0 Å². The average Bonchev–Trinajstić information content (AvgIpc) is 2.98. The minimum absolute atomic E-state index is 0.0809. The fraction of sp³-hybridized carbons (Fsp3) is 0.125. The lowest BCUT2D eigenvalue weighted by molar-refractivity contribution is 0.0995. The van der Waals surface area contributed by atoms with Crippen LogP contribution in [0.4, 0.5) is 0 Å². The number of aromatic nitrogens is 2. The van der Waals surface area contributed by atoms with E-state index in [0.717, 1.165) is 11.1 Å². The van der Waals surface area contributed by atoms with Gasteiger partial charge in [-0.3, -0.25) is 4.84 Å². The summed E-state index contributed by atoms with van der Waals surface area (Å²) < 4.78 is 5.16. The summed E-state index contributed by atoms with van der Waals surface area (Å²) in [5.41, 5.74) is 2.20. The van der Waals surface area contributed by atoms with Gasteiger partial charge in [0.15, 0.2) is 5.82 Å². The van der Waals surface area contributed by atoms with Crippen molar-refractivity contribution < 1.29 is 9.36 Å². The summed E-state index contributed by atoms with van der Waals surface area (Å²) in [5, 5.41) is 4.07. The van der Waals surface area contributed by atoms with Gasteiger partial charge < -0.3 is 4.52 Å². The Morgan fingerprint density at radius 1 is 0.952 bits per heavy atom. The van der Waals surface area contributed by atoms with E-state index in [1.807, 2.05) is 60.7 Å². The topological polar surface area (TPSA) is 74.2 Å². The molecule has 1 heterocycles. The lowest BCUT2D eigenvalue weighted by atomic mass is 9.91. The third kappa shape index (κ3) is 2.99. The minimum Gasteiger partial charge on any atom is -0.337 e. The first kappa shape index (κ1) is 13.5. The van der Waals surface area contributed by atoms with Crippen LogP contribution >= 0.6 is 0 Å². The van der Waals surface area contributed by atoms with Gasteiger partial charge in [0.25, 0.3) is 5.89 Å². The van der Waals surface area contributed by atoms with Gasteiger partial charge in [-0.25, -0.2) is 5.90 Å². The van der Waals surface area contributed by atoms with E-state index >= 15 is 0 Å². The molecule has 0 radical (unpaired) electrons. The Hall–Kier alpha value is -2.50. The zero-order chi connectivity index (χ0) is 14.5. The summed E-state index contributed by atoms with van der Waals surface area (Å²) in [5.74, 6) is 5.92. The zero-order valence-electron chi connectivity index (χ0n) is 11.3. The lowest BCUT2D eigenvalue weighted by Crippen LogP contribution is -2.06. The van der Waals surface area contributed by atoms with Crippen LogP contribution in [-0.2, 0) is 11.4 Å². The molecule has 0 unspecified atom stereocenters. The molecule has 0 aliphatic heterocycles. The molecule has 0 saturated carbocycles. The van der Waals surface area contributed by atoms with Crippen molar-refractivity contribution in [1.29, 1.82) is 0 Å². The molecule has 0 atom stereocenters. The number of hydrogen-bond acceptors (Lipinski definition) is 5. The Bertz CT molecular complexity index is 644. The van der Waals surface area contributed by atoms with Crippen molar-refractivity contribution in [1.82, 2.24) is 10.1 Å². The molecule has 3 rings (SSSR count). The summed E-state index contributed by atoms with van der Waals surface area (Å²) in [4.78, 5) is 8.91. The molecule has 106 valence electrons. The standard InChI is InChI=1S/C16H15N3O2/c17-20-11-14-18-16(19-21-14)15(12-7-3-1-4-8-12)13-9-5-2-6-10-13/h1-10,15H,11,17H2. The second-order valence-electron chi connectivity index (χ2n) is 4.61. The van der Waals surface area contributed by atoms with Crippen LogP contribution in [0.2, 0.25) is 0 Å². The highest BCUT2D eigenvalue weighted by molar-refractivity contribution is 5.37. The summed E-state index contributed by atoms with van der Waals surface area (Å²) in [6.07, 6.45) is 0. The van der Waals surface area contributed by atoms with Crippen molar-refractivity contribution in [3.63, 3.8) is 0 Å². The Kier molecular flexibility index (Phi) is 4.04. The van der Waals surface area contributed by atoms with Crippen LogP contribution in [0.25, 0.3) is 0 Å². The Morgan fingerprint density at radius 2 is 1.52 bits per heavy atom. The molecule has 5 nitrogen and oxygen atoms in total. The maximum atomic E-state index is 5.16. The predicted molar refractivity (Wildman–Crippen MR) is 77.1 cm³/mol. The molecule has 3 aromatic rings. The number of nitrogens with two attached hydrogens (primary N) is 1. The second-order valence-corrected chi connectivity index (χ2v) is 4.61. The molecular formula is C16H15N3O2. The third-order valence-electron chi connectivity index (χ3n) is 3.21. The van der Waals surface area contributed by atoms with Gasteiger partial charge in [0, 0.05) is 0 Å². The first-order chi connectivity index (χ1) is 10.4. The van der Waals surface area contributed by atoms with Gasteiger partial charge in [0.2, 0.25) is 0 Å². The van der Waals surface area contributed by atoms with E-state index in [-0.39, 0.29) is 12.5 Å². The van der Waals surface area contributed by atoms with Crippen molar-refractivity contribution in [2.45, 2.75) is 12.5 Å². The highest BCUT2D eigenvalue weighted by Crippen LogP contribution is 2.29. The monoisotopic (exact) mass is 281 g/mol. The normalized spacial score (nSPS) is 11.0. The van der Waals surface area contributed by atoms with Gasteiger partial charge in [0.05, 0.1) is 5.92 Å². The SMILES string of the molecule is NOCc1nc(C(c2ccccc2)c2ccccc2)no1. The predicted octanol–water partition coefficient (Wildman–Crippen LogP) is 2.64. The summed E-state index contributed by atoms with van der Waals surface area (Å²) in [6, 6.07) is 20.1. The van der Waals surface area contributed by atoms with E-state index < -0.39 is 0 Å². The van der Waals surface area contributed by atoms with Crippen LogP contribution in [0.3, 0.4) is 0 Å². The zero-order valence-corrected chi connectivity index (χ0v) is 11.3. The molecule has 21 heavy (non-hydrogen) atoms. The first-order valence-electron chi connectivity index (χ1n) is 6.62. The van der Waals surface area contributed by atoms with Crippen LogP contribution in [0.1, 0.15) is 28.8 Å². The number of hydrogen-bond donors (Lipinski definition) is 1. The van der Waals surface area contributed by atoms with E-state index in [4.69, 9.17) is 10.4 Å². The summed E-state index contributed by atoms with van der Waals surface area (Å²) in [6.45, 7) is 0.100. The van der Waals surface area contributed by atoms with E-state index in [9.17, 15) is 0 Å². The molecule has 0 aliphatic rings. The molecule has 0 bridgehead atoms. The van der Waals surface area contributed by atoms with Crippen molar-refractivity contribution in [3.8, 4) is 0 Å². The van der Waals surface area contributed by atoms with Crippen molar-refractivity contribution in [2.24, 2.45) is 5.90 Å². The maximum Gasteiger partial charge on any atom is 0.254 e. The second kappa shape index (κ2) is 6.30. The quantitative estimate of drug-likeness (QED) is 0.728. The van der Waals surface area contributed by atoms with Gasteiger partial charge >= 0.3 is 0 Å². The van der Waals surface area contributed by atoms with E-state index in [2.05, 4.69) is 15.0 Å². The Morgan fingerprint density at radius 3 is 2.05 bits per heavy atom. The van der Waals surface area contributed by atoms with E-state index in [1.54, 1.807) is 0 Å². The summed E-state index contributed by atoms with van der Waals surface area (Å²) in [7, 11) is 0. The molecule has 0 spiro atoms. The van der Waals surface area contributed by atoms with Gasteiger partial charge in [-0.05, 0) is 11.1 Å². The van der Waals surface area contributed by atoms with Crippen LogP contribution < -0.4 is 5.90 Å². The Labute approximate surface area is 122 Å². The average molecular weight is 281 g/mol. The smallest absolute Gasteiger partial charge is 0.254 e. The van der Waals surface area contributed by atoms with Gasteiger partial charge in [-0.1, -0.05) is 65.8 Å². The van der Waals surface area contributed by atoms with Crippen LogP contribution in [-0.4, -0.2) is 10.1 Å². The van der Waals surface area contributed by atoms with Gasteiger partial charge in [-0.2, -0.15) is 4.98 Å². The molecule has 5 heteroatoms. The fourth-order valence-corrected chi connectivity index (χ4v) is 2.30. The molecule has 2 N–H and O–H groups in total. The first-order valence-corrected chi connectivity index (χ1v) is 6.62. The highest BCUT2D eigenvalue weighted by Gasteiger charge is 2.22. The maximum absolute atomic E-state index is 5.16. The highest BCUT2D eigenvalue weighted by atomic mass is 16.6. The minimum atomic E-state index is -0.0809. The summed E-state index contributed by atoms with van der Waals surface area (Å²) >= 11 is 0. The van der Waals surface area contributed by atoms with Crippen molar-refractivity contribution in [3.05, 3.63) is 83.5 Å². The Balaban J connectivity index is 2.03. The molecular weight excluding hydrogens is 266 g/mol. The van der Waals surface area contributed by atoms with Gasteiger partial charge in [0.1, 0.15) is 6.61 Å². The van der Waals surface area contributed by atoms with Crippen molar-refractivity contribution >= 4 is 0 Å². The van der Waals surface area contributed by atoms with Crippen LogP contribution in [0.5, 0.6) is 0 Å². The fourth-order valence-electron chi connectivity index (χ4n) is 2.30. The molecule has 1 aromatic heterocycles.